The molecule has 0 rings (SSSR count). The standard InChI is InChI=1S/49ClH.K/h49*1H;/q;;;;;;;;;;;;;;;;;;;;;;;;;;;;;;;;;;;;;;;;;;;;;;;;;+1/p-1. The predicted octanol–water partition coefficient (Wildman–Crippen LogP) is 14.3. The summed E-state index contributed by atoms with van der Waals surface area (Å²) in [6, 6.07) is 0. The molecule has 50 heavy (non-hydrogen) atoms. The molecule has 0 saturated heterocycles. The second-order valence-corrected chi connectivity index (χ2v) is 0. The molecule has 0 aromatic heterocycles. The molecule has 0 bridgehead atoms. The van der Waals surface area contributed by atoms with Crippen molar-refractivity contribution in [2.45, 2.75) is 0 Å². The normalized spacial score (nSPS) is 0. The fourth-order valence-corrected chi connectivity index (χ4v) is 0. The second kappa shape index (κ2) is 1050. The van der Waals surface area contributed by atoms with Gasteiger partial charge in [0.1, 0.15) is 0 Å². The molecular weight excluding hydrogens is 1780 g/mol. The number of halogens is 49. The third-order valence-corrected chi connectivity index (χ3v) is 0. The topological polar surface area (TPSA) is 0 Å². The summed E-state index contributed by atoms with van der Waals surface area (Å²) in [7, 11) is 0. The Balaban J connectivity index is 0. The zero-order chi connectivity index (χ0) is 0. The van der Waals surface area contributed by atoms with Gasteiger partial charge in [-0.2, -0.15) is 0 Å². The molecule has 0 N–H and O–H groups in total. The first-order chi connectivity index (χ1) is 0. The van der Waals surface area contributed by atoms with Crippen LogP contribution < -0.4 is 63.8 Å². The van der Waals surface area contributed by atoms with Crippen LogP contribution in [-0.4, -0.2) is 0 Å². The van der Waals surface area contributed by atoms with E-state index in [1.165, 1.54) is 0 Å². The van der Waals surface area contributed by atoms with Crippen LogP contribution in [0.1, 0.15) is 0 Å². The molecular formula is H48Cl49K. The van der Waals surface area contributed by atoms with Gasteiger partial charge in [0.25, 0.3) is 0 Å². The van der Waals surface area contributed by atoms with E-state index in [-0.39, 0.29) is 659 Å². The molecule has 392 valence electrons. The summed E-state index contributed by atoms with van der Waals surface area (Å²) in [6.07, 6.45) is 0. The van der Waals surface area contributed by atoms with Gasteiger partial charge in [-0.3, -0.25) is 0 Å². The van der Waals surface area contributed by atoms with Gasteiger partial charge in [0.2, 0.25) is 0 Å². The molecule has 0 atom stereocenters. The number of hydrogen-bond acceptors (Lipinski definition) is 0. The first-order valence-electron chi connectivity index (χ1n) is 0. The van der Waals surface area contributed by atoms with Crippen LogP contribution in [0.25, 0.3) is 0 Å². The number of hydrogen-bond donors (Lipinski definition) is 0. The van der Waals surface area contributed by atoms with Gasteiger partial charge in [-0.05, 0) is 0 Å². The molecule has 0 unspecified atom stereocenters. The molecule has 0 aliphatic carbocycles. The third-order valence-electron chi connectivity index (χ3n) is 0. The largest absolute Gasteiger partial charge is 1.00 e. The Morgan fingerprint density at radius 2 is 0.0600 bits per heavy atom. The van der Waals surface area contributed by atoms with Crippen molar-refractivity contribution in [2.75, 3.05) is 0 Å². The van der Waals surface area contributed by atoms with Crippen molar-refractivity contribution in [2.24, 2.45) is 0 Å². The van der Waals surface area contributed by atoms with Crippen molar-refractivity contribution >= 4 is 596 Å². The number of rotatable bonds is 0. The molecule has 0 saturated carbocycles. The van der Waals surface area contributed by atoms with Gasteiger partial charge >= 0.3 is 51.4 Å². The van der Waals surface area contributed by atoms with Crippen molar-refractivity contribution in [1.82, 2.24) is 0 Å². The summed E-state index contributed by atoms with van der Waals surface area (Å²) in [5.41, 5.74) is 0. The maximum Gasteiger partial charge on any atom is 1.00 e. The Morgan fingerprint density at radius 1 is 0.0600 bits per heavy atom. The van der Waals surface area contributed by atoms with Gasteiger partial charge < -0.3 is 12.4 Å². The third kappa shape index (κ3) is 1000. The van der Waals surface area contributed by atoms with E-state index < -0.39 is 0 Å². The van der Waals surface area contributed by atoms with E-state index in [9.17, 15) is 0 Å². The zero-order valence-electron chi connectivity index (χ0n) is 21.0. The van der Waals surface area contributed by atoms with Crippen molar-refractivity contribution < 1.29 is 63.8 Å². The van der Waals surface area contributed by atoms with E-state index in [0.717, 1.165) is 0 Å². The van der Waals surface area contributed by atoms with Gasteiger partial charge in [0.05, 0.1) is 0 Å². The predicted molar refractivity (Wildman–Crippen MR) is 348 cm³/mol. The van der Waals surface area contributed by atoms with E-state index in [2.05, 4.69) is 0 Å². The molecule has 0 fully saturated rings. The summed E-state index contributed by atoms with van der Waals surface area (Å²) >= 11 is 0. The summed E-state index contributed by atoms with van der Waals surface area (Å²) in [5, 5.41) is 0. The molecule has 0 heterocycles. The van der Waals surface area contributed by atoms with Crippen LogP contribution in [0, 0.1) is 0 Å². The molecule has 0 spiro atoms. The van der Waals surface area contributed by atoms with Gasteiger partial charge in [0.15, 0.2) is 0 Å². The van der Waals surface area contributed by atoms with Gasteiger partial charge in [-0.1, -0.05) is 0 Å². The van der Waals surface area contributed by atoms with Crippen molar-refractivity contribution in [3.05, 3.63) is 0 Å². The van der Waals surface area contributed by atoms with E-state index in [4.69, 9.17) is 0 Å². The van der Waals surface area contributed by atoms with Crippen molar-refractivity contribution in [3.8, 4) is 0 Å². The molecule has 0 amide bonds. The average Bonchev–Trinajstić information content (AvgIpc) is 0. The molecule has 0 radical (unpaired) electrons. The van der Waals surface area contributed by atoms with E-state index in [0.29, 0.717) is 0 Å². The first-order valence-corrected chi connectivity index (χ1v) is 0. The van der Waals surface area contributed by atoms with Crippen molar-refractivity contribution in [1.29, 1.82) is 0 Å². The molecule has 0 aromatic carbocycles. The Kier molecular flexibility index (Phi) is 23200. The smallest absolute Gasteiger partial charge is 1.00 e. The maximum atomic E-state index is 0. The molecule has 50 heteroatoms. The summed E-state index contributed by atoms with van der Waals surface area (Å²) < 4.78 is 0. The fraction of sp³-hybridized carbons (Fsp3) is 0. The van der Waals surface area contributed by atoms with E-state index >= 15 is 0 Å². The van der Waals surface area contributed by atoms with Crippen LogP contribution in [0.5, 0.6) is 0 Å². The molecule has 0 aliphatic heterocycles. The van der Waals surface area contributed by atoms with Gasteiger partial charge in [-0.25, -0.2) is 0 Å². The minimum atomic E-state index is 0. The van der Waals surface area contributed by atoms with Crippen LogP contribution in [0.3, 0.4) is 0 Å². The molecule has 0 aliphatic rings. The van der Waals surface area contributed by atoms with E-state index in [1.807, 2.05) is 0 Å². The average molecular weight is 1820 g/mol. The SMILES string of the molecule is Cl.Cl.Cl.Cl.Cl.Cl.Cl.Cl.Cl.Cl.Cl.Cl.Cl.Cl.Cl.Cl.Cl.Cl.Cl.Cl.Cl.Cl.Cl.Cl.Cl.Cl.Cl.Cl.Cl.Cl.Cl.Cl.Cl.Cl.Cl.Cl.Cl.Cl.Cl.Cl.Cl.Cl.Cl.Cl.Cl.Cl.Cl.Cl.[Cl-].[K+]. The van der Waals surface area contributed by atoms with Crippen LogP contribution in [0.4, 0.5) is 0 Å². The van der Waals surface area contributed by atoms with Crippen molar-refractivity contribution in [3.63, 3.8) is 0 Å². The molecule has 0 aromatic rings. The Bertz CT molecular complexity index is 7.07. The first kappa shape index (κ1) is 1100. The fourth-order valence-electron chi connectivity index (χ4n) is 0. The van der Waals surface area contributed by atoms with Crippen LogP contribution in [-0.2, 0) is 0 Å². The van der Waals surface area contributed by atoms with Gasteiger partial charge in [-0.15, -0.1) is 596 Å². The van der Waals surface area contributed by atoms with E-state index in [1.54, 1.807) is 0 Å². The minimum Gasteiger partial charge on any atom is -1.00 e. The second-order valence-electron chi connectivity index (χ2n) is 0. The zero-order valence-corrected chi connectivity index (χ0v) is 64.0. The Labute approximate surface area is 646 Å². The molecule has 0 nitrogen and oxygen atoms in total. The Morgan fingerprint density at radius 3 is 0.0600 bits per heavy atom. The van der Waals surface area contributed by atoms with Crippen LogP contribution >= 0.6 is 596 Å². The summed E-state index contributed by atoms with van der Waals surface area (Å²) in [4.78, 5) is 0. The van der Waals surface area contributed by atoms with Crippen LogP contribution in [0.15, 0.2) is 0 Å². The quantitative estimate of drug-likeness (QED) is 0.212. The Hall–Kier alpha value is 15.8. The van der Waals surface area contributed by atoms with Gasteiger partial charge in [0, 0.05) is 0 Å². The summed E-state index contributed by atoms with van der Waals surface area (Å²) in [5.74, 6) is 0. The van der Waals surface area contributed by atoms with Crippen LogP contribution in [0.2, 0.25) is 0 Å². The maximum absolute atomic E-state index is 0. The minimum absolute atomic E-state index is 0. The summed E-state index contributed by atoms with van der Waals surface area (Å²) in [6.45, 7) is 0. The monoisotopic (exact) mass is 1800 g/mol.